The van der Waals surface area contributed by atoms with Gasteiger partial charge < -0.3 is 20.5 Å². The van der Waals surface area contributed by atoms with E-state index in [0.717, 1.165) is 16.1 Å². The topological polar surface area (TPSA) is 105 Å². The molecule has 218 valence electrons. The van der Waals surface area contributed by atoms with Gasteiger partial charge in [0, 0.05) is 41.8 Å². The first-order valence-electron chi connectivity index (χ1n) is 13.4. The lowest BCUT2D eigenvalue weighted by Crippen LogP contribution is -2.52. The van der Waals surface area contributed by atoms with Crippen molar-refractivity contribution in [2.75, 3.05) is 17.2 Å². The quantitative estimate of drug-likeness (QED) is 0.198. The molecule has 1 saturated carbocycles. The highest BCUT2D eigenvalue weighted by molar-refractivity contribution is 6.35. The van der Waals surface area contributed by atoms with Gasteiger partial charge in [0.05, 0.1) is 51.6 Å². The minimum Gasteiger partial charge on any atom is -0.383 e. The molecule has 4 N–H and O–H groups in total. The van der Waals surface area contributed by atoms with Crippen molar-refractivity contribution in [3.05, 3.63) is 77.2 Å². The molecule has 42 heavy (non-hydrogen) atoms. The zero-order valence-corrected chi connectivity index (χ0v) is 23.9. The molecule has 1 aliphatic heterocycles. The molecule has 0 radical (unpaired) electrons. The standard InChI is InChI=1S/C29H29ClF3N9/c1-27(2,3)15-37-24-17(11-34)12-36-25-20(24)9-18(10-21(25)30)38-26(19-5-4-8-41-16-35-13-23(19)41)22-14-42(40-39-22)28(6-7-28)29(31,32)33/h4-5,8-10,12-14,16,26,38-40H,6-7,15H2,1-3H3,(H,36,37)/t26-/m0/s1. The van der Waals surface area contributed by atoms with Gasteiger partial charge in [-0.2, -0.15) is 18.4 Å². The first-order valence-corrected chi connectivity index (χ1v) is 13.8. The zero-order valence-electron chi connectivity index (χ0n) is 23.1. The normalized spacial score (nSPS) is 17.1. The summed E-state index contributed by atoms with van der Waals surface area (Å²) in [7, 11) is 0. The monoisotopic (exact) mass is 595 g/mol. The summed E-state index contributed by atoms with van der Waals surface area (Å²) >= 11 is 6.72. The summed E-state index contributed by atoms with van der Waals surface area (Å²) in [4.78, 5) is 8.69. The predicted molar refractivity (Wildman–Crippen MR) is 155 cm³/mol. The molecule has 6 rings (SSSR count). The number of rotatable bonds is 7. The molecule has 1 fully saturated rings. The first kappa shape index (κ1) is 27.9. The summed E-state index contributed by atoms with van der Waals surface area (Å²) < 4.78 is 43.6. The van der Waals surface area contributed by atoms with Crippen molar-refractivity contribution in [3.8, 4) is 6.07 Å². The van der Waals surface area contributed by atoms with Crippen molar-refractivity contribution < 1.29 is 13.2 Å². The molecule has 3 aromatic heterocycles. The molecule has 0 unspecified atom stereocenters. The molecule has 1 atom stereocenters. The molecule has 1 aromatic carbocycles. The number of imidazole rings is 1. The van der Waals surface area contributed by atoms with Gasteiger partial charge in [0.25, 0.3) is 0 Å². The van der Waals surface area contributed by atoms with Crippen LogP contribution in [0.15, 0.2) is 61.1 Å². The van der Waals surface area contributed by atoms with E-state index in [4.69, 9.17) is 11.6 Å². The van der Waals surface area contributed by atoms with Crippen LogP contribution in [0.1, 0.15) is 50.8 Å². The molecule has 0 spiro atoms. The molecule has 4 aromatic rings. The van der Waals surface area contributed by atoms with Crippen LogP contribution in [0.25, 0.3) is 16.4 Å². The summed E-state index contributed by atoms with van der Waals surface area (Å²) in [5, 5.41) is 18.8. The maximum atomic E-state index is 13.9. The van der Waals surface area contributed by atoms with E-state index < -0.39 is 17.8 Å². The number of anilines is 2. The van der Waals surface area contributed by atoms with Gasteiger partial charge in [-0.15, -0.1) is 5.53 Å². The number of hydrogen-bond donors (Lipinski definition) is 4. The second-order valence-corrected chi connectivity index (χ2v) is 12.3. The van der Waals surface area contributed by atoms with Gasteiger partial charge in [-0.25, -0.2) is 4.98 Å². The van der Waals surface area contributed by atoms with Crippen molar-refractivity contribution in [1.29, 1.82) is 5.26 Å². The van der Waals surface area contributed by atoms with Crippen LogP contribution >= 0.6 is 11.6 Å². The Kier molecular flexibility index (Phi) is 6.62. The van der Waals surface area contributed by atoms with Crippen LogP contribution in [-0.4, -0.2) is 37.6 Å². The smallest absolute Gasteiger partial charge is 0.383 e. The molecule has 0 saturated heterocycles. The Labute approximate surface area is 245 Å². The van der Waals surface area contributed by atoms with Gasteiger partial charge in [-0.05, 0) is 36.5 Å². The summed E-state index contributed by atoms with van der Waals surface area (Å²) in [6, 6.07) is 8.89. The molecule has 2 aliphatic rings. The van der Waals surface area contributed by atoms with Crippen LogP contribution in [0.5, 0.6) is 0 Å². The van der Waals surface area contributed by atoms with E-state index >= 15 is 0 Å². The summed E-state index contributed by atoms with van der Waals surface area (Å²) in [5.41, 5.74) is 7.81. The third kappa shape index (κ3) is 4.92. The van der Waals surface area contributed by atoms with E-state index in [0.29, 0.717) is 45.1 Å². The van der Waals surface area contributed by atoms with E-state index in [2.05, 4.69) is 58.4 Å². The largest absolute Gasteiger partial charge is 0.413 e. The van der Waals surface area contributed by atoms with Gasteiger partial charge in [0.2, 0.25) is 0 Å². The minimum absolute atomic E-state index is 0.00408. The molecular weight excluding hydrogens is 567 g/mol. The fourth-order valence-electron chi connectivity index (χ4n) is 5.16. The molecule has 9 nitrogen and oxygen atoms in total. The number of fused-ring (bicyclic) bond motifs is 2. The van der Waals surface area contributed by atoms with Gasteiger partial charge in [0.15, 0.2) is 5.54 Å². The van der Waals surface area contributed by atoms with Gasteiger partial charge in [0.1, 0.15) is 6.07 Å². The SMILES string of the molecule is CC(C)(C)CNc1c(C#N)cnc2c(Cl)cc(N[C@H](C3=CN(C4(C(F)(F)F)CC4)NN3)c3cccn4cncc34)cc12. The summed E-state index contributed by atoms with van der Waals surface area (Å²) in [5.74, 6) is 0. The van der Waals surface area contributed by atoms with Gasteiger partial charge in [-0.1, -0.05) is 38.4 Å². The predicted octanol–water partition coefficient (Wildman–Crippen LogP) is 6.28. The zero-order chi connectivity index (χ0) is 29.9. The van der Waals surface area contributed by atoms with Gasteiger partial charge >= 0.3 is 6.18 Å². The van der Waals surface area contributed by atoms with Crippen molar-refractivity contribution in [2.24, 2.45) is 5.41 Å². The molecule has 0 bridgehead atoms. The maximum absolute atomic E-state index is 13.9. The van der Waals surface area contributed by atoms with Crippen LogP contribution in [0.4, 0.5) is 24.5 Å². The van der Waals surface area contributed by atoms with E-state index in [1.165, 1.54) is 12.4 Å². The maximum Gasteiger partial charge on any atom is 0.413 e. The summed E-state index contributed by atoms with van der Waals surface area (Å²) in [6.45, 7) is 6.85. The van der Waals surface area contributed by atoms with Crippen LogP contribution < -0.4 is 21.6 Å². The van der Waals surface area contributed by atoms with Crippen LogP contribution in [0, 0.1) is 16.7 Å². The number of hydrogen-bond acceptors (Lipinski definition) is 8. The number of nitrogens with zero attached hydrogens (tertiary/aromatic N) is 5. The molecule has 1 aliphatic carbocycles. The van der Waals surface area contributed by atoms with E-state index in [9.17, 15) is 18.4 Å². The lowest BCUT2D eigenvalue weighted by molar-refractivity contribution is -0.195. The molecule has 0 amide bonds. The lowest BCUT2D eigenvalue weighted by atomic mass is 9.96. The van der Waals surface area contributed by atoms with Crippen molar-refractivity contribution >= 4 is 39.4 Å². The second-order valence-electron chi connectivity index (χ2n) is 11.9. The number of halogens is 4. The van der Waals surface area contributed by atoms with E-state index in [-0.39, 0.29) is 18.3 Å². The fourth-order valence-corrected chi connectivity index (χ4v) is 5.43. The second kappa shape index (κ2) is 9.96. The number of nitrogens with one attached hydrogen (secondary N) is 4. The number of aromatic nitrogens is 3. The van der Waals surface area contributed by atoms with E-state index in [1.807, 2.05) is 28.8 Å². The highest BCUT2D eigenvalue weighted by Crippen LogP contribution is 2.54. The Morgan fingerprint density at radius 3 is 2.69 bits per heavy atom. The van der Waals surface area contributed by atoms with Gasteiger partial charge in [-0.3, -0.25) is 9.99 Å². The Hall–Kier alpha value is -4.21. The number of hydrazine groups is 2. The van der Waals surface area contributed by atoms with E-state index in [1.54, 1.807) is 18.6 Å². The first-order chi connectivity index (χ1) is 19.9. The Bertz CT molecular complexity index is 1750. The number of benzene rings is 1. The van der Waals surface area contributed by atoms with Crippen molar-refractivity contribution in [2.45, 2.75) is 51.4 Å². The third-order valence-electron chi connectivity index (χ3n) is 7.56. The highest BCUT2D eigenvalue weighted by atomic mass is 35.5. The van der Waals surface area contributed by atoms with Crippen LogP contribution in [-0.2, 0) is 0 Å². The Morgan fingerprint density at radius 2 is 2.00 bits per heavy atom. The number of pyridine rings is 2. The molecule has 13 heteroatoms. The highest BCUT2D eigenvalue weighted by Gasteiger charge is 2.67. The lowest BCUT2D eigenvalue weighted by Gasteiger charge is -2.28. The Morgan fingerprint density at radius 1 is 1.21 bits per heavy atom. The molecular formula is C29H29ClF3N9. The number of alkyl halides is 3. The average Bonchev–Trinajstić information content (AvgIpc) is 3.37. The number of nitriles is 1. The van der Waals surface area contributed by atoms with Crippen molar-refractivity contribution in [1.82, 2.24) is 30.3 Å². The minimum atomic E-state index is -4.39. The van der Waals surface area contributed by atoms with Crippen molar-refractivity contribution in [3.63, 3.8) is 0 Å². The van der Waals surface area contributed by atoms with Crippen LogP contribution in [0.2, 0.25) is 5.02 Å². The fraction of sp³-hybridized carbons (Fsp3) is 0.345. The summed E-state index contributed by atoms with van der Waals surface area (Å²) in [6.07, 6.45) is 3.79. The van der Waals surface area contributed by atoms with Crippen LogP contribution in [0.3, 0.4) is 0 Å². The molecule has 4 heterocycles. The third-order valence-corrected chi connectivity index (χ3v) is 7.85. The Balaban J connectivity index is 1.45. The average molecular weight is 596 g/mol.